The van der Waals surface area contributed by atoms with Crippen LogP contribution in [0.4, 0.5) is 0 Å². The lowest BCUT2D eigenvalue weighted by molar-refractivity contribution is -0.140. The maximum Gasteiger partial charge on any atom is 0.242 e. The summed E-state index contributed by atoms with van der Waals surface area (Å²) in [7, 11) is -2.17. The van der Waals surface area contributed by atoms with E-state index in [4.69, 9.17) is 11.6 Å². The van der Waals surface area contributed by atoms with E-state index in [0.717, 1.165) is 22.5 Å². The maximum absolute atomic E-state index is 12.7. The molecule has 2 amide bonds. The molecule has 0 unspecified atom stereocenters. The molecule has 0 aliphatic heterocycles. The van der Waals surface area contributed by atoms with Crippen molar-refractivity contribution in [2.45, 2.75) is 32.9 Å². The first-order valence-electron chi connectivity index (χ1n) is 8.29. The highest BCUT2D eigenvalue weighted by molar-refractivity contribution is 7.88. The van der Waals surface area contributed by atoms with Gasteiger partial charge in [0.25, 0.3) is 0 Å². The van der Waals surface area contributed by atoms with Gasteiger partial charge in [0.15, 0.2) is 0 Å². The number of likely N-dealkylation sites (N-methyl/N-ethyl adjacent to an activating group) is 1. The number of hydrogen-bond donors (Lipinski definition) is 1. The summed E-state index contributed by atoms with van der Waals surface area (Å²) < 4.78 is 24.1. The van der Waals surface area contributed by atoms with Crippen molar-refractivity contribution in [3.8, 4) is 0 Å². The van der Waals surface area contributed by atoms with E-state index in [1.807, 2.05) is 6.92 Å². The molecule has 0 aromatic heterocycles. The molecule has 26 heavy (non-hydrogen) atoms. The minimum atomic E-state index is -3.50. The summed E-state index contributed by atoms with van der Waals surface area (Å²) in [4.78, 5) is 26.4. The van der Waals surface area contributed by atoms with E-state index in [1.54, 1.807) is 31.2 Å². The van der Waals surface area contributed by atoms with Gasteiger partial charge in [-0.2, -0.15) is 4.31 Å². The van der Waals surface area contributed by atoms with Gasteiger partial charge >= 0.3 is 0 Å². The highest BCUT2D eigenvalue weighted by atomic mass is 35.5. The van der Waals surface area contributed by atoms with Gasteiger partial charge in [-0.05, 0) is 31.0 Å². The molecular formula is C17H26ClN3O4S. The van der Waals surface area contributed by atoms with Crippen LogP contribution in [-0.4, -0.2) is 61.9 Å². The van der Waals surface area contributed by atoms with Crippen molar-refractivity contribution in [2.24, 2.45) is 0 Å². The van der Waals surface area contributed by atoms with Gasteiger partial charge in [0, 0.05) is 25.2 Å². The Morgan fingerprint density at radius 1 is 1.23 bits per heavy atom. The molecule has 0 saturated carbocycles. The second-order valence-corrected chi connectivity index (χ2v) is 8.66. The summed E-state index contributed by atoms with van der Waals surface area (Å²) in [5.74, 6) is -0.733. The topological polar surface area (TPSA) is 86.8 Å². The number of halogens is 1. The Kier molecular flexibility index (Phi) is 8.52. The SMILES string of the molecule is CCCNC(=O)[C@@H](C)N(Cc1ccc(Cl)cc1)C(=O)CN(C)S(C)(=O)=O. The molecule has 0 heterocycles. The Morgan fingerprint density at radius 3 is 2.31 bits per heavy atom. The first kappa shape index (κ1) is 22.4. The van der Waals surface area contributed by atoms with Crippen molar-refractivity contribution >= 4 is 33.4 Å². The van der Waals surface area contributed by atoms with Gasteiger partial charge in [0.1, 0.15) is 6.04 Å². The van der Waals surface area contributed by atoms with E-state index in [1.165, 1.54) is 11.9 Å². The van der Waals surface area contributed by atoms with Crippen molar-refractivity contribution in [1.82, 2.24) is 14.5 Å². The van der Waals surface area contributed by atoms with E-state index in [2.05, 4.69) is 5.32 Å². The van der Waals surface area contributed by atoms with Crippen molar-refractivity contribution in [2.75, 3.05) is 26.4 Å². The lowest BCUT2D eigenvalue weighted by Gasteiger charge is -2.30. The van der Waals surface area contributed by atoms with Gasteiger partial charge < -0.3 is 10.2 Å². The molecule has 0 aliphatic rings. The normalized spacial score (nSPS) is 12.7. The minimum Gasteiger partial charge on any atom is -0.354 e. The molecule has 1 atom stereocenters. The molecule has 0 bridgehead atoms. The first-order valence-corrected chi connectivity index (χ1v) is 10.5. The standard InChI is InChI=1S/C17H26ClN3O4S/c1-5-10-19-17(23)13(2)21(11-14-6-8-15(18)9-7-14)16(22)12-20(3)26(4,24)25/h6-9,13H,5,10-12H2,1-4H3,(H,19,23)/t13-/m1/s1. The third-order valence-corrected chi connectivity index (χ3v) is 5.42. The Bertz CT molecular complexity index is 722. The van der Waals surface area contributed by atoms with Crippen molar-refractivity contribution in [1.29, 1.82) is 0 Å². The minimum absolute atomic E-state index is 0.175. The number of nitrogens with one attached hydrogen (secondary N) is 1. The molecule has 7 nitrogen and oxygen atoms in total. The molecule has 9 heteroatoms. The van der Waals surface area contributed by atoms with Crippen LogP contribution in [0.3, 0.4) is 0 Å². The van der Waals surface area contributed by atoms with E-state index in [9.17, 15) is 18.0 Å². The number of nitrogens with zero attached hydrogens (tertiary/aromatic N) is 2. The van der Waals surface area contributed by atoms with E-state index >= 15 is 0 Å². The average Bonchev–Trinajstić information content (AvgIpc) is 2.57. The van der Waals surface area contributed by atoms with Crippen molar-refractivity contribution in [3.05, 3.63) is 34.9 Å². The van der Waals surface area contributed by atoms with Gasteiger partial charge in [-0.25, -0.2) is 8.42 Å². The number of sulfonamides is 1. The molecule has 0 aliphatic carbocycles. The molecule has 0 radical (unpaired) electrons. The third-order valence-electron chi connectivity index (χ3n) is 3.91. The zero-order chi connectivity index (χ0) is 19.9. The second-order valence-electron chi connectivity index (χ2n) is 6.13. The summed E-state index contributed by atoms with van der Waals surface area (Å²) in [6.07, 6.45) is 1.81. The van der Waals surface area contributed by atoms with Gasteiger partial charge in [-0.1, -0.05) is 30.7 Å². The van der Waals surface area contributed by atoms with Gasteiger partial charge in [0.2, 0.25) is 21.8 Å². The number of carbonyl (C=O) groups is 2. The highest BCUT2D eigenvalue weighted by Crippen LogP contribution is 2.14. The van der Waals surface area contributed by atoms with E-state index in [0.29, 0.717) is 11.6 Å². The zero-order valence-corrected chi connectivity index (χ0v) is 17.1. The molecule has 1 rings (SSSR count). The second kappa shape index (κ2) is 9.89. The van der Waals surface area contributed by atoms with Crippen LogP contribution in [0, 0.1) is 0 Å². The van der Waals surface area contributed by atoms with Gasteiger partial charge in [0.05, 0.1) is 12.8 Å². The number of hydrogen-bond acceptors (Lipinski definition) is 4. The third kappa shape index (κ3) is 6.93. The Balaban J connectivity index is 3.01. The summed E-state index contributed by atoms with van der Waals surface area (Å²) in [5.41, 5.74) is 0.792. The fourth-order valence-electron chi connectivity index (χ4n) is 2.16. The molecule has 146 valence electrons. The van der Waals surface area contributed by atoms with Crippen LogP contribution in [0.25, 0.3) is 0 Å². The fraction of sp³-hybridized carbons (Fsp3) is 0.529. The molecular weight excluding hydrogens is 378 g/mol. The van der Waals surface area contributed by atoms with Crippen LogP contribution in [0.15, 0.2) is 24.3 Å². The van der Waals surface area contributed by atoms with Crippen LogP contribution in [0.2, 0.25) is 5.02 Å². The van der Waals surface area contributed by atoms with Crippen LogP contribution in [0.1, 0.15) is 25.8 Å². The van der Waals surface area contributed by atoms with Crippen LogP contribution in [-0.2, 0) is 26.2 Å². The Morgan fingerprint density at radius 2 is 1.81 bits per heavy atom. The summed E-state index contributed by atoms with van der Waals surface area (Å²) in [6.45, 7) is 3.91. The van der Waals surface area contributed by atoms with Crippen LogP contribution >= 0.6 is 11.6 Å². The number of carbonyl (C=O) groups excluding carboxylic acids is 2. The fourth-order valence-corrected chi connectivity index (χ4v) is 2.63. The first-order chi connectivity index (χ1) is 12.1. The number of rotatable bonds is 9. The summed E-state index contributed by atoms with van der Waals surface area (Å²) >= 11 is 5.88. The lowest BCUT2D eigenvalue weighted by Crippen LogP contribution is -2.50. The quantitative estimate of drug-likeness (QED) is 0.676. The predicted molar refractivity (Wildman–Crippen MR) is 102 cm³/mol. The van der Waals surface area contributed by atoms with Gasteiger partial charge in [-0.15, -0.1) is 0 Å². The molecule has 1 aromatic carbocycles. The Hall–Kier alpha value is -1.64. The monoisotopic (exact) mass is 403 g/mol. The average molecular weight is 404 g/mol. The maximum atomic E-state index is 12.7. The molecule has 1 aromatic rings. The van der Waals surface area contributed by atoms with Gasteiger partial charge in [-0.3, -0.25) is 9.59 Å². The Labute approximate surface area is 160 Å². The summed E-state index contributed by atoms with van der Waals surface area (Å²) in [6, 6.07) is 6.19. The van der Waals surface area contributed by atoms with Crippen LogP contribution in [0.5, 0.6) is 0 Å². The van der Waals surface area contributed by atoms with Crippen molar-refractivity contribution in [3.63, 3.8) is 0 Å². The molecule has 1 N–H and O–H groups in total. The van der Waals surface area contributed by atoms with Crippen molar-refractivity contribution < 1.29 is 18.0 Å². The van der Waals surface area contributed by atoms with E-state index in [-0.39, 0.29) is 19.0 Å². The summed E-state index contributed by atoms with van der Waals surface area (Å²) in [5, 5.41) is 3.33. The van der Waals surface area contributed by atoms with E-state index < -0.39 is 22.0 Å². The number of benzene rings is 1. The molecule has 0 fully saturated rings. The largest absolute Gasteiger partial charge is 0.354 e. The molecule has 0 saturated heterocycles. The molecule has 0 spiro atoms. The highest BCUT2D eigenvalue weighted by Gasteiger charge is 2.28. The number of amides is 2. The zero-order valence-electron chi connectivity index (χ0n) is 15.5. The smallest absolute Gasteiger partial charge is 0.242 e. The lowest BCUT2D eigenvalue weighted by atomic mass is 10.1. The predicted octanol–water partition coefficient (Wildman–Crippen LogP) is 1.47. The van der Waals surface area contributed by atoms with Crippen LogP contribution < -0.4 is 5.32 Å².